The van der Waals surface area contributed by atoms with Crippen LogP contribution < -0.4 is 19.7 Å². The van der Waals surface area contributed by atoms with Crippen molar-refractivity contribution in [1.29, 1.82) is 0 Å². The van der Waals surface area contributed by atoms with Gasteiger partial charge in [-0.25, -0.2) is 0 Å². The molecule has 1 atom stereocenters. The summed E-state index contributed by atoms with van der Waals surface area (Å²) in [5.41, 5.74) is 0.643. The molecule has 2 amide bonds. The second-order valence-corrected chi connectivity index (χ2v) is 7.17. The molecule has 4 rings (SSSR count). The van der Waals surface area contributed by atoms with Crippen LogP contribution in [-0.2, 0) is 9.59 Å². The molecule has 1 aliphatic heterocycles. The predicted molar refractivity (Wildman–Crippen MR) is 116 cm³/mol. The second kappa shape index (κ2) is 8.86. The van der Waals surface area contributed by atoms with Gasteiger partial charge in [0.15, 0.2) is 12.7 Å². The number of carbonyl (C=O) groups excluding carboxylic acids is 2. The first-order chi connectivity index (χ1) is 14.7. The average Bonchev–Trinajstić information content (AvgIpc) is 2.80. The lowest BCUT2D eigenvalue weighted by molar-refractivity contribution is -0.128. The highest BCUT2D eigenvalue weighted by Gasteiger charge is 2.33. The van der Waals surface area contributed by atoms with E-state index in [9.17, 15) is 9.59 Å². The summed E-state index contributed by atoms with van der Waals surface area (Å²) in [5.74, 6) is 0.687. The minimum Gasteiger partial charge on any atom is -0.484 e. The number of amides is 2. The number of para-hydroxylation sites is 2. The highest BCUT2D eigenvalue weighted by molar-refractivity contribution is 5.98. The Kier molecular flexibility index (Phi) is 5.84. The Morgan fingerprint density at radius 1 is 1.07 bits per heavy atom. The number of carbonyl (C=O) groups is 2. The van der Waals surface area contributed by atoms with Crippen LogP contribution in [-0.4, -0.2) is 37.6 Å². The van der Waals surface area contributed by atoms with Gasteiger partial charge in [-0.05, 0) is 41.5 Å². The molecule has 0 unspecified atom stereocenters. The Labute approximate surface area is 175 Å². The van der Waals surface area contributed by atoms with E-state index in [4.69, 9.17) is 9.47 Å². The highest BCUT2D eigenvalue weighted by Crippen LogP contribution is 2.33. The Morgan fingerprint density at radius 2 is 1.83 bits per heavy atom. The molecule has 3 aromatic rings. The van der Waals surface area contributed by atoms with E-state index in [0.29, 0.717) is 23.7 Å². The first-order valence-electron chi connectivity index (χ1n) is 10.1. The zero-order valence-electron chi connectivity index (χ0n) is 16.8. The van der Waals surface area contributed by atoms with Crippen molar-refractivity contribution in [2.45, 2.75) is 19.4 Å². The summed E-state index contributed by atoms with van der Waals surface area (Å²) in [6.07, 6.45) is 0.0770. The van der Waals surface area contributed by atoms with E-state index in [0.717, 1.165) is 17.2 Å². The summed E-state index contributed by atoms with van der Waals surface area (Å²) in [6.45, 7) is 2.57. The fourth-order valence-corrected chi connectivity index (χ4v) is 3.45. The first kappa shape index (κ1) is 19.8. The third kappa shape index (κ3) is 4.22. The summed E-state index contributed by atoms with van der Waals surface area (Å²) in [5, 5.41) is 4.99. The fraction of sp³-hybridized carbons (Fsp3) is 0.250. The minimum absolute atomic E-state index is 0.129. The molecule has 0 saturated carbocycles. The van der Waals surface area contributed by atoms with E-state index in [1.165, 1.54) is 0 Å². The van der Waals surface area contributed by atoms with Gasteiger partial charge >= 0.3 is 0 Å². The average molecular weight is 404 g/mol. The Hall–Kier alpha value is -3.54. The molecule has 1 heterocycles. The number of fused-ring (bicyclic) bond motifs is 2. The number of nitrogens with zero attached hydrogens (tertiary/aromatic N) is 1. The van der Waals surface area contributed by atoms with E-state index in [1.807, 2.05) is 67.6 Å². The van der Waals surface area contributed by atoms with Crippen LogP contribution >= 0.6 is 0 Å². The van der Waals surface area contributed by atoms with Gasteiger partial charge in [0.2, 0.25) is 0 Å². The molecule has 0 saturated heterocycles. The number of anilines is 1. The molecule has 0 aliphatic carbocycles. The summed E-state index contributed by atoms with van der Waals surface area (Å²) in [4.78, 5) is 27.0. The van der Waals surface area contributed by atoms with Crippen molar-refractivity contribution in [3.63, 3.8) is 0 Å². The summed E-state index contributed by atoms with van der Waals surface area (Å²) in [7, 11) is 0. The summed E-state index contributed by atoms with van der Waals surface area (Å²) in [6, 6.07) is 20.9. The van der Waals surface area contributed by atoms with Crippen molar-refractivity contribution < 1.29 is 19.1 Å². The standard InChI is InChI=1S/C24H24N2O4/c1-2-13-25-24(28)22-15-26(20-9-5-6-10-21(20)30-22)23(27)16-29-19-12-11-17-7-3-4-8-18(17)14-19/h3-12,14,22H,2,13,15-16H2,1H3,(H,25,28)/t22-/m0/s1. The maximum Gasteiger partial charge on any atom is 0.265 e. The van der Waals surface area contributed by atoms with Crippen LogP contribution in [0.25, 0.3) is 10.8 Å². The zero-order valence-corrected chi connectivity index (χ0v) is 16.8. The van der Waals surface area contributed by atoms with E-state index in [2.05, 4.69) is 5.32 Å². The Morgan fingerprint density at radius 3 is 2.67 bits per heavy atom. The third-order valence-electron chi connectivity index (χ3n) is 5.00. The van der Waals surface area contributed by atoms with Crippen LogP contribution in [0.3, 0.4) is 0 Å². The molecule has 154 valence electrons. The quantitative estimate of drug-likeness (QED) is 0.682. The van der Waals surface area contributed by atoms with Crippen LogP contribution in [0.2, 0.25) is 0 Å². The van der Waals surface area contributed by atoms with Crippen LogP contribution in [0.5, 0.6) is 11.5 Å². The number of hydrogen-bond donors (Lipinski definition) is 1. The molecule has 0 aromatic heterocycles. The maximum absolute atomic E-state index is 13.0. The lowest BCUT2D eigenvalue weighted by atomic mass is 10.1. The van der Waals surface area contributed by atoms with Gasteiger partial charge in [-0.3, -0.25) is 9.59 Å². The van der Waals surface area contributed by atoms with Gasteiger partial charge in [0, 0.05) is 6.54 Å². The maximum atomic E-state index is 13.0. The van der Waals surface area contributed by atoms with Gasteiger partial charge in [-0.15, -0.1) is 0 Å². The van der Waals surface area contributed by atoms with E-state index < -0.39 is 6.10 Å². The molecular weight excluding hydrogens is 380 g/mol. The van der Waals surface area contributed by atoms with E-state index in [1.54, 1.807) is 11.0 Å². The monoisotopic (exact) mass is 404 g/mol. The largest absolute Gasteiger partial charge is 0.484 e. The minimum atomic E-state index is -0.754. The molecule has 6 nitrogen and oxygen atoms in total. The van der Waals surface area contributed by atoms with Crippen molar-refractivity contribution in [1.82, 2.24) is 5.32 Å². The predicted octanol–water partition coefficient (Wildman–Crippen LogP) is 3.54. The fourth-order valence-electron chi connectivity index (χ4n) is 3.45. The molecule has 3 aromatic carbocycles. The number of benzene rings is 3. The molecule has 0 spiro atoms. The molecule has 1 aliphatic rings. The topological polar surface area (TPSA) is 67.9 Å². The molecule has 1 N–H and O–H groups in total. The SMILES string of the molecule is CCCNC(=O)[C@@H]1CN(C(=O)COc2ccc3ccccc3c2)c2ccccc2O1. The normalized spacial score (nSPS) is 15.2. The molecular formula is C24H24N2O4. The smallest absolute Gasteiger partial charge is 0.265 e. The number of nitrogens with one attached hydrogen (secondary N) is 1. The Balaban J connectivity index is 1.49. The number of ether oxygens (including phenoxy) is 2. The van der Waals surface area contributed by atoms with E-state index in [-0.39, 0.29) is 25.0 Å². The summed E-state index contributed by atoms with van der Waals surface area (Å²) < 4.78 is 11.6. The van der Waals surface area contributed by atoms with Crippen molar-refractivity contribution in [3.8, 4) is 11.5 Å². The molecule has 0 fully saturated rings. The van der Waals surface area contributed by atoms with Gasteiger partial charge < -0.3 is 19.7 Å². The van der Waals surface area contributed by atoms with Crippen molar-refractivity contribution in [2.75, 3.05) is 24.6 Å². The van der Waals surface area contributed by atoms with Crippen LogP contribution in [0.4, 0.5) is 5.69 Å². The first-order valence-corrected chi connectivity index (χ1v) is 10.1. The zero-order chi connectivity index (χ0) is 20.9. The van der Waals surface area contributed by atoms with Crippen LogP contribution in [0.1, 0.15) is 13.3 Å². The molecule has 6 heteroatoms. The van der Waals surface area contributed by atoms with Gasteiger partial charge in [0.05, 0.1) is 12.2 Å². The van der Waals surface area contributed by atoms with Crippen LogP contribution in [0, 0.1) is 0 Å². The lowest BCUT2D eigenvalue weighted by Crippen LogP contribution is -2.51. The van der Waals surface area contributed by atoms with Gasteiger partial charge in [-0.2, -0.15) is 0 Å². The lowest BCUT2D eigenvalue weighted by Gasteiger charge is -2.34. The van der Waals surface area contributed by atoms with E-state index >= 15 is 0 Å². The number of hydrogen-bond acceptors (Lipinski definition) is 4. The van der Waals surface area contributed by atoms with Crippen molar-refractivity contribution >= 4 is 28.3 Å². The molecule has 0 bridgehead atoms. The Bertz CT molecular complexity index is 1070. The molecule has 30 heavy (non-hydrogen) atoms. The van der Waals surface area contributed by atoms with Gasteiger partial charge in [0.25, 0.3) is 11.8 Å². The van der Waals surface area contributed by atoms with Gasteiger partial charge in [0.1, 0.15) is 11.5 Å². The second-order valence-electron chi connectivity index (χ2n) is 7.17. The summed E-state index contributed by atoms with van der Waals surface area (Å²) >= 11 is 0. The highest BCUT2D eigenvalue weighted by atomic mass is 16.5. The van der Waals surface area contributed by atoms with Crippen LogP contribution in [0.15, 0.2) is 66.7 Å². The van der Waals surface area contributed by atoms with Crippen molar-refractivity contribution in [2.24, 2.45) is 0 Å². The van der Waals surface area contributed by atoms with Crippen molar-refractivity contribution in [3.05, 3.63) is 66.7 Å². The van der Waals surface area contributed by atoms with Gasteiger partial charge in [-0.1, -0.05) is 49.4 Å². The molecule has 0 radical (unpaired) electrons. The third-order valence-corrected chi connectivity index (χ3v) is 5.00. The number of rotatable bonds is 6.